The number of para-hydroxylation sites is 1. The molecule has 0 aliphatic rings. The average Bonchev–Trinajstić information content (AvgIpc) is 3.82. The first-order valence-electron chi connectivity index (χ1n) is 13.8. The van der Waals surface area contributed by atoms with E-state index in [2.05, 4.69) is 33.7 Å². The Morgan fingerprint density at radius 3 is 2.23 bits per heavy atom. The Bertz CT molecular complexity index is 1840. The van der Waals surface area contributed by atoms with Crippen molar-refractivity contribution in [2.75, 3.05) is 4.90 Å². The van der Waals surface area contributed by atoms with Gasteiger partial charge in [-0.15, -0.1) is 34.7 Å². The van der Waals surface area contributed by atoms with Crippen molar-refractivity contribution in [1.29, 1.82) is 0 Å². The molecule has 228 valence electrons. The summed E-state index contributed by atoms with van der Waals surface area (Å²) in [5, 5.41) is 8.29. The van der Waals surface area contributed by atoms with Crippen LogP contribution in [0.3, 0.4) is 0 Å². The van der Waals surface area contributed by atoms with E-state index in [1.54, 1.807) is 21.6 Å². The van der Waals surface area contributed by atoms with Crippen molar-refractivity contribution >= 4 is 50.3 Å². The van der Waals surface area contributed by atoms with Gasteiger partial charge in [-0.1, -0.05) is 30.3 Å². The molecule has 0 radical (unpaired) electrons. The van der Waals surface area contributed by atoms with Crippen molar-refractivity contribution in [2.24, 2.45) is 0 Å². The van der Waals surface area contributed by atoms with Gasteiger partial charge in [0.2, 0.25) is 5.91 Å². The number of rotatable bonds is 6. The molecule has 2 aromatic heterocycles. The molecule has 4 aromatic carbocycles. The second-order valence-corrected chi connectivity index (χ2v) is 12.6. The van der Waals surface area contributed by atoms with Crippen LogP contribution in [0, 0.1) is 12.3 Å². The normalized spacial score (nSPS) is 11.4. The maximum Gasteiger partial charge on any atom is 0.277 e. The number of carbonyl (C=O) groups is 2. The number of benzene rings is 2. The van der Waals surface area contributed by atoms with Crippen molar-refractivity contribution in [3.8, 4) is 23.5 Å². The smallest absolute Gasteiger partial charge is 0.277 e. The van der Waals surface area contributed by atoms with E-state index in [0.717, 1.165) is 21.2 Å². The molecule has 0 spiro atoms. The zero-order chi connectivity index (χ0) is 30.4. The number of hydrogen-bond donors (Lipinski definition) is 1. The fourth-order valence-electron chi connectivity index (χ4n) is 4.82. The summed E-state index contributed by atoms with van der Waals surface area (Å²) in [6, 6.07) is 32.4. The predicted molar refractivity (Wildman–Crippen MR) is 179 cm³/mol. The SMILES string of the molecule is C#Cc1nc(C(=O)N(c2ccccc2-c2cccc3sccc23)C(C(=O)NC(C)(C)C)[c-]2cccc2)cs1.[Fe].[cH-]1[cH-][cH-][cH-][cH-]1. The Balaban J connectivity index is 0.000000670. The van der Waals surface area contributed by atoms with Crippen LogP contribution in [0.25, 0.3) is 21.2 Å². The number of nitrogens with zero attached hydrogens (tertiary/aromatic N) is 2. The molecular weight excluding hydrogens is 626 g/mol. The number of fused-ring (bicyclic) bond motifs is 1. The molecule has 0 aliphatic carbocycles. The topological polar surface area (TPSA) is 62.3 Å². The Morgan fingerprint density at radius 1 is 0.932 bits per heavy atom. The van der Waals surface area contributed by atoms with Gasteiger partial charge in [0.15, 0.2) is 5.01 Å². The van der Waals surface area contributed by atoms with E-state index in [0.29, 0.717) is 16.3 Å². The molecule has 1 unspecified atom stereocenters. The fourth-order valence-corrected chi connectivity index (χ4v) is 6.22. The van der Waals surface area contributed by atoms with Crippen LogP contribution < -0.4 is 10.2 Å². The molecule has 6 aromatic rings. The standard InChI is InChI=1S/C31H26N3O2S2.C5H5.Fe/c1-5-27-32-24(19-38-27)30(36)34(28(20-11-6-7-12-20)29(35)33-31(2,3)4)25-15-9-8-13-22(25)21-14-10-16-26-23(21)17-18-37-26;1-2-4-5-3-1;/h1,6-19,28H,2-4H3,(H,33,35);1-5H;/q-1;-5;. The van der Waals surface area contributed by atoms with Crippen LogP contribution in [-0.4, -0.2) is 22.3 Å². The number of aromatic nitrogens is 1. The molecule has 0 aliphatic heterocycles. The van der Waals surface area contributed by atoms with Gasteiger partial charge < -0.3 is 40.5 Å². The summed E-state index contributed by atoms with van der Waals surface area (Å²) in [4.78, 5) is 34.2. The summed E-state index contributed by atoms with van der Waals surface area (Å²) < 4.78 is 1.14. The molecule has 0 saturated carbocycles. The van der Waals surface area contributed by atoms with Crippen LogP contribution in [-0.2, 0) is 21.9 Å². The number of thiophene rings is 1. The summed E-state index contributed by atoms with van der Waals surface area (Å²) in [7, 11) is 0. The van der Waals surface area contributed by atoms with Crippen LogP contribution in [0.5, 0.6) is 0 Å². The molecule has 1 atom stereocenters. The molecule has 2 amide bonds. The van der Waals surface area contributed by atoms with Crippen molar-refractivity contribution < 1.29 is 26.7 Å². The zero-order valence-electron chi connectivity index (χ0n) is 24.5. The summed E-state index contributed by atoms with van der Waals surface area (Å²) in [6.45, 7) is 5.76. The molecule has 44 heavy (non-hydrogen) atoms. The van der Waals surface area contributed by atoms with Crippen molar-refractivity contribution in [3.63, 3.8) is 0 Å². The van der Waals surface area contributed by atoms with E-state index in [4.69, 9.17) is 6.42 Å². The average molecular weight is 658 g/mol. The van der Waals surface area contributed by atoms with E-state index in [9.17, 15) is 9.59 Å². The third-order valence-corrected chi connectivity index (χ3v) is 8.24. The summed E-state index contributed by atoms with van der Waals surface area (Å²) in [6.07, 6.45) is 5.56. The Hall–Kier alpha value is -4.25. The molecule has 0 bridgehead atoms. The maximum atomic E-state index is 14.3. The van der Waals surface area contributed by atoms with Crippen LogP contribution in [0.15, 0.2) is 114 Å². The van der Waals surface area contributed by atoms with Gasteiger partial charge in [-0.3, -0.25) is 9.59 Å². The molecule has 8 heteroatoms. The predicted octanol–water partition coefficient (Wildman–Crippen LogP) is 8.43. The largest absolute Gasteiger partial charge is 0.748 e. The third kappa shape index (κ3) is 7.45. The number of terminal acetylenes is 1. The van der Waals surface area contributed by atoms with E-state index in [1.165, 1.54) is 11.3 Å². The summed E-state index contributed by atoms with van der Waals surface area (Å²) in [5.41, 5.74) is 2.84. The van der Waals surface area contributed by atoms with Gasteiger partial charge in [-0.2, -0.15) is 12.1 Å². The third-order valence-electron chi connectivity index (χ3n) is 6.58. The van der Waals surface area contributed by atoms with Gasteiger partial charge in [0, 0.05) is 43.6 Å². The minimum Gasteiger partial charge on any atom is -0.748 e. The van der Waals surface area contributed by atoms with Gasteiger partial charge in [0.05, 0.1) is 11.7 Å². The van der Waals surface area contributed by atoms with E-state index in [-0.39, 0.29) is 28.7 Å². The molecule has 6 rings (SSSR count). The van der Waals surface area contributed by atoms with E-state index in [1.807, 2.05) is 112 Å². The second-order valence-electron chi connectivity index (χ2n) is 10.8. The number of hydrogen-bond acceptors (Lipinski definition) is 5. The minimum absolute atomic E-state index is 0. The van der Waals surface area contributed by atoms with Gasteiger partial charge in [0.1, 0.15) is 5.69 Å². The maximum absolute atomic E-state index is 14.3. The monoisotopic (exact) mass is 657 g/mol. The molecule has 0 fully saturated rings. The van der Waals surface area contributed by atoms with E-state index >= 15 is 0 Å². The minimum atomic E-state index is -0.935. The zero-order valence-corrected chi connectivity index (χ0v) is 27.2. The first-order chi connectivity index (χ1) is 20.8. The first-order valence-corrected chi connectivity index (χ1v) is 15.5. The summed E-state index contributed by atoms with van der Waals surface area (Å²) in [5.74, 6) is 1.82. The van der Waals surface area contributed by atoms with Crippen LogP contribution in [0.4, 0.5) is 5.69 Å². The van der Waals surface area contributed by atoms with Gasteiger partial charge in [-0.05, 0) is 55.8 Å². The molecule has 1 N–H and O–H groups in total. The fraction of sp³-hybridized carbons (Fsp3) is 0.139. The number of thiazole rings is 1. The first kappa shape index (κ1) is 32.7. The number of amides is 2. The summed E-state index contributed by atoms with van der Waals surface area (Å²) >= 11 is 2.89. The number of anilines is 1. The van der Waals surface area contributed by atoms with E-state index < -0.39 is 17.5 Å². The number of nitrogens with one attached hydrogen (secondary N) is 1. The van der Waals surface area contributed by atoms with Crippen LogP contribution in [0.2, 0.25) is 0 Å². The Kier molecular flexibility index (Phi) is 10.7. The van der Waals surface area contributed by atoms with Gasteiger partial charge >= 0.3 is 0 Å². The Labute approximate surface area is 276 Å². The number of carbonyl (C=O) groups excluding carboxylic acids is 2. The second kappa shape index (κ2) is 14.5. The molecule has 0 saturated heterocycles. The molecule has 2 heterocycles. The van der Waals surface area contributed by atoms with Crippen molar-refractivity contribution in [2.45, 2.75) is 32.4 Å². The van der Waals surface area contributed by atoms with Crippen molar-refractivity contribution in [1.82, 2.24) is 10.3 Å². The molecule has 5 nitrogen and oxygen atoms in total. The van der Waals surface area contributed by atoms with Crippen LogP contribution in [0.1, 0.15) is 47.9 Å². The van der Waals surface area contributed by atoms with Gasteiger partial charge in [-0.25, -0.2) is 17.1 Å². The van der Waals surface area contributed by atoms with Gasteiger partial charge in [0.25, 0.3) is 5.91 Å². The van der Waals surface area contributed by atoms with Crippen LogP contribution >= 0.6 is 22.7 Å². The quantitative estimate of drug-likeness (QED) is 0.111. The van der Waals surface area contributed by atoms with Crippen molar-refractivity contribution in [3.05, 3.63) is 130 Å². The molecular formula is C36H31FeN3O2S2-6. The Morgan fingerprint density at radius 2 is 1.59 bits per heavy atom.